The van der Waals surface area contributed by atoms with E-state index in [9.17, 15) is 0 Å². The molecule has 3 atom stereocenters. The van der Waals surface area contributed by atoms with Crippen LogP contribution in [-0.4, -0.2) is 44.3 Å². The number of rotatable bonds is 5. The smallest absolute Gasteiger partial charge is 0.103 e. The summed E-state index contributed by atoms with van der Waals surface area (Å²) in [6.45, 7) is -0.400. The van der Waals surface area contributed by atoms with Gasteiger partial charge in [0.05, 0.1) is 12.7 Å². The van der Waals surface area contributed by atoms with Crippen molar-refractivity contribution in [1.82, 2.24) is 0 Å². The maximum Gasteiger partial charge on any atom is 0.103 e. The number of hydrogen-bond donors (Lipinski definition) is 3. The van der Waals surface area contributed by atoms with E-state index in [0.29, 0.717) is 11.8 Å². The summed E-state index contributed by atoms with van der Waals surface area (Å²) in [5.41, 5.74) is 0. The summed E-state index contributed by atoms with van der Waals surface area (Å²) in [6, 6.07) is 0. The molecule has 0 amide bonds. The normalized spacial score (nSPS) is 19.4. The molecule has 3 N–H and O–H groups in total. The Hall–Kier alpha value is 0.840. The minimum Gasteiger partial charge on any atom is -0.394 e. The molecule has 0 spiro atoms. The summed E-state index contributed by atoms with van der Waals surface area (Å²) in [5, 5.41) is 27.3. The number of alkyl halides is 2. The highest BCUT2D eigenvalue weighted by atomic mass is 79.9. The Morgan fingerprint density at radius 3 is 2.09 bits per heavy atom. The number of aliphatic hydroxyl groups is 3. The summed E-state index contributed by atoms with van der Waals surface area (Å²) in [4.78, 5) is 0.124. The van der Waals surface area contributed by atoms with Gasteiger partial charge in [0.2, 0.25) is 0 Å². The first-order chi connectivity index (χ1) is 5.11. The van der Waals surface area contributed by atoms with Crippen molar-refractivity contribution in [3.05, 3.63) is 0 Å². The molecule has 3 nitrogen and oxygen atoms in total. The third-order valence-corrected chi connectivity index (χ3v) is 3.64. The number of hydrogen-bond acceptors (Lipinski definition) is 3. The summed E-state index contributed by atoms with van der Waals surface area (Å²) < 4.78 is 0. The van der Waals surface area contributed by atoms with E-state index in [1.54, 1.807) is 0 Å². The summed E-state index contributed by atoms with van der Waals surface area (Å²) in [6.07, 6.45) is -1.47. The van der Waals surface area contributed by atoms with Gasteiger partial charge in [-0.3, -0.25) is 0 Å². The predicted molar refractivity (Wildman–Crippen MR) is 50.2 cm³/mol. The van der Waals surface area contributed by atoms with Crippen molar-refractivity contribution in [2.24, 2.45) is 0 Å². The molecule has 0 saturated carbocycles. The van der Waals surface area contributed by atoms with Crippen LogP contribution in [0.2, 0.25) is 0 Å². The average Bonchev–Trinajstić information content (AvgIpc) is 2.02. The van der Waals surface area contributed by atoms with E-state index >= 15 is 0 Å². The minimum absolute atomic E-state index is 0.124. The summed E-state index contributed by atoms with van der Waals surface area (Å²) in [5.74, 6) is 0. The van der Waals surface area contributed by atoms with Crippen molar-refractivity contribution < 1.29 is 15.3 Å². The van der Waals surface area contributed by atoms with E-state index in [0.717, 1.165) is 0 Å². The fourth-order valence-electron chi connectivity index (χ4n) is 0.604. The van der Waals surface area contributed by atoms with E-state index in [-0.39, 0.29) is 4.83 Å². The highest BCUT2D eigenvalue weighted by molar-refractivity contribution is 9.12. The van der Waals surface area contributed by atoms with Gasteiger partial charge in [-0.1, -0.05) is 31.9 Å². The van der Waals surface area contributed by atoms with Crippen molar-refractivity contribution in [3.8, 4) is 0 Å². The minimum atomic E-state index is -1.03. The lowest BCUT2D eigenvalue weighted by molar-refractivity contribution is -0.0167. The molecule has 0 heterocycles. The Labute approximate surface area is 82.7 Å². The maximum atomic E-state index is 9.16. The van der Waals surface area contributed by atoms with Crippen molar-refractivity contribution in [2.45, 2.75) is 23.5 Å². The standard InChI is InChI=1S/C6H12Br2O3/c7-2-4(8)1-5(10)6(11)3-9/h4-6,9-11H,1-3H2. The van der Waals surface area contributed by atoms with Gasteiger partial charge in [-0.05, 0) is 6.42 Å². The Morgan fingerprint density at radius 2 is 1.73 bits per heavy atom. The van der Waals surface area contributed by atoms with Gasteiger partial charge < -0.3 is 15.3 Å². The van der Waals surface area contributed by atoms with Gasteiger partial charge in [0.25, 0.3) is 0 Å². The van der Waals surface area contributed by atoms with Crippen LogP contribution in [0, 0.1) is 0 Å². The second-order valence-electron chi connectivity index (χ2n) is 2.30. The van der Waals surface area contributed by atoms with Crippen LogP contribution in [0.15, 0.2) is 0 Å². The predicted octanol–water partition coefficient (Wildman–Crippen LogP) is 0.249. The molecule has 11 heavy (non-hydrogen) atoms. The molecule has 3 unspecified atom stereocenters. The Kier molecular flexibility index (Phi) is 6.85. The van der Waals surface area contributed by atoms with Crippen LogP contribution in [0.25, 0.3) is 0 Å². The van der Waals surface area contributed by atoms with Crippen molar-refractivity contribution in [1.29, 1.82) is 0 Å². The lowest BCUT2D eigenvalue weighted by Gasteiger charge is -2.17. The first-order valence-electron chi connectivity index (χ1n) is 3.28. The van der Waals surface area contributed by atoms with Crippen LogP contribution >= 0.6 is 31.9 Å². The van der Waals surface area contributed by atoms with E-state index in [2.05, 4.69) is 31.9 Å². The monoisotopic (exact) mass is 290 g/mol. The molecular formula is C6H12Br2O3. The number of aliphatic hydroxyl groups excluding tert-OH is 3. The molecule has 0 saturated heterocycles. The molecule has 68 valence electrons. The lowest BCUT2D eigenvalue weighted by Crippen LogP contribution is -2.31. The van der Waals surface area contributed by atoms with Gasteiger partial charge in [0.1, 0.15) is 6.10 Å². The first kappa shape index (κ1) is 11.8. The van der Waals surface area contributed by atoms with Crippen molar-refractivity contribution in [3.63, 3.8) is 0 Å². The fraction of sp³-hybridized carbons (Fsp3) is 1.00. The summed E-state index contributed by atoms with van der Waals surface area (Å²) in [7, 11) is 0. The Balaban J connectivity index is 3.58. The molecule has 0 fully saturated rings. The zero-order valence-electron chi connectivity index (χ0n) is 5.95. The molecule has 0 aliphatic carbocycles. The average molecular weight is 292 g/mol. The van der Waals surface area contributed by atoms with Crippen LogP contribution in [0.4, 0.5) is 0 Å². The van der Waals surface area contributed by atoms with Gasteiger partial charge in [-0.15, -0.1) is 0 Å². The van der Waals surface area contributed by atoms with Gasteiger partial charge in [-0.25, -0.2) is 0 Å². The Bertz CT molecular complexity index is 102. The first-order valence-corrected chi connectivity index (χ1v) is 5.32. The van der Waals surface area contributed by atoms with E-state index in [1.807, 2.05) is 0 Å². The second kappa shape index (κ2) is 6.37. The highest BCUT2D eigenvalue weighted by Gasteiger charge is 2.18. The van der Waals surface area contributed by atoms with Crippen molar-refractivity contribution in [2.75, 3.05) is 11.9 Å². The molecule has 0 aromatic rings. The molecular weight excluding hydrogens is 280 g/mol. The van der Waals surface area contributed by atoms with Crippen LogP contribution in [0.3, 0.4) is 0 Å². The third-order valence-electron chi connectivity index (χ3n) is 1.30. The second-order valence-corrected chi connectivity index (χ2v) is 4.25. The molecule has 0 aromatic carbocycles. The highest BCUT2D eigenvalue weighted by Crippen LogP contribution is 2.12. The molecule has 5 heteroatoms. The zero-order valence-corrected chi connectivity index (χ0v) is 9.12. The van der Waals surface area contributed by atoms with Crippen LogP contribution < -0.4 is 0 Å². The molecule has 0 aliphatic rings. The van der Waals surface area contributed by atoms with Crippen LogP contribution in [0.1, 0.15) is 6.42 Å². The van der Waals surface area contributed by atoms with Gasteiger partial charge in [-0.2, -0.15) is 0 Å². The quantitative estimate of drug-likeness (QED) is 0.637. The van der Waals surface area contributed by atoms with Crippen LogP contribution in [0.5, 0.6) is 0 Å². The van der Waals surface area contributed by atoms with E-state index in [1.165, 1.54) is 0 Å². The molecule has 0 rings (SSSR count). The zero-order chi connectivity index (χ0) is 8.85. The molecule has 0 aliphatic heterocycles. The van der Waals surface area contributed by atoms with Gasteiger partial charge in [0, 0.05) is 10.2 Å². The largest absolute Gasteiger partial charge is 0.394 e. The SMILES string of the molecule is OCC(O)C(O)CC(Br)CBr. The fourth-order valence-corrected chi connectivity index (χ4v) is 1.25. The molecule has 0 bridgehead atoms. The number of halogens is 2. The lowest BCUT2D eigenvalue weighted by atomic mass is 10.1. The maximum absolute atomic E-state index is 9.16. The molecule has 0 aromatic heterocycles. The van der Waals surface area contributed by atoms with E-state index < -0.39 is 18.8 Å². The van der Waals surface area contributed by atoms with Gasteiger partial charge in [0.15, 0.2) is 0 Å². The molecule has 0 radical (unpaired) electrons. The van der Waals surface area contributed by atoms with Crippen LogP contribution in [-0.2, 0) is 0 Å². The van der Waals surface area contributed by atoms with Gasteiger partial charge >= 0.3 is 0 Å². The van der Waals surface area contributed by atoms with E-state index in [4.69, 9.17) is 15.3 Å². The topological polar surface area (TPSA) is 60.7 Å². The van der Waals surface area contributed by atoms with Crippen molar-refractivity contribution >= 4 is 31.9 Å². The third kappa shape index (κ3) is 5.14. The Morgan fingerprint density at radius 1 is 1.18 bits per heavy atom. The summed E-state index contributed by atoms with van der Waals surface area (Å²) >= 11 is 6.49.